The Morgan fingerprint density at radius 2 is 2.04 bits per heavy atom. The number of hydrogen-bond donors (Lipinski definition) is 0. The van der Waals surface area contributed by atoms with Gasteiger partial charge in [0, 0.05) is 11.8 Å². The molecule has 7 heteroatoms. The van der Waals surface area contributed by atoms with E-state index in [1.807, 2.05) is 60.0 Å². The first-order chi connectivity index (χ1) is 11.7. The molecule has 0 bridgehead atoms. The molecule has 4 aromatic rings. The summed E-state index contributed by atoms with van der Waals surface area (Å²) in [4.78, 5) is 6.14. The van der Waals surface area contributed by atoms with E-state index in [-0.39, 0.29) is 0 Å². The van der Waals surface area contributed by atoms with Crippen LogP contribution in [0.1, 0.15) is 11.4 Å². The van der Waals surface area contributed by atoms with Crippen LogP contribution in [0.15, 0.2) is 48.7 Å². The number of imidazole rings is 1. The van der Waals surface area contributed by atoms with E-state index in [9.17, 15) is 0 Å². The summed E-state index contributed by atoms with van der Waals surface area (Å²) in [6, 6.07) is 13.5. The monoisotopic (exact) mass is 320 g/mol. The van der Waals surface area contributed by atoms with Crippen molar-refractivity contribution in [2.24, 2.45) is 0 Å². The summed E-state index contributed by atoms with van der Waals surface area (Å²) in [5.41, 5.74) is 3.79. The Morgan fingerprint density at radius 1 is 1.12 bits per heavy atom. The molecule has 0 spiro atoms. The molecule has 0 aliphatic heterocycles. The number of benzene rings is 1. The van der Waals surface area contributed by atoms with E-state index in [0.717, 1.165) is 28.3 Å². The highest BCUT2D eigenvalue weighted by molar-refractivity contribution is 5.56. The van der Waals surface area contributed by atoms with E-state index >= 15 is 0 Å². The number of ether oxygens (including phenoxy) is 1. The second kappa shape index (κ2) is 5.77. The normalized spacial score (nSPS) is 11.1. The fourth-order valence-corrected chi connectivity index (χ4v) is 2.68. The van der Waals surface area contributed by atoms with Crippen molar-refractivity contribution < 1.29 is 4.74 Å². The van der Waals surface area contributed by atoms with Crippen molar-refractivity contribution in [1.82, 2.24) is 29.6 Å². The van der Waals surface area contributed by atoms with Crippen LogP contribution in [0.3, 0.4) is 0 Å². The highest BCUT2D eigenvalue weighted by atomic mass is 16.5. The molecule has 0 saturated heterocycles. The Morgan fingerprint density at radius 3 is 2.92 bits per heavy atom. The molecule has 24 heavy (non-hydrogen) atoms. The van der Waals surface area contributed by atoms with E-state index in [1.165, 1.54) is 0 Å². The number of tetrazole rings is 1. The second-order valence-electron chi connectivity index (χ2n) is 5.45. The van der Waals surface area contributed by atoms with Gasteiger partial charge in [0.25, 0.3) is 0 Å². The average molecular weight is 320 g/mol. The summed E-state index contributed by atoms with van der Waals surface area (Å²) in [6.45, 7) is 2.50. The van der Waals surface area contributed by atoms with Crippen LogP contribution in [-0.4, -0.2) is 36.7 Å². The molecule has 4 rings (SSSR count). The maximum absolute atomic E-state index is 5.24. The minimum absolute atomic E-state index is 0.508. The van der Waals surface area contributed by atoms with Gasteiger partial charge in [-0.15, -0.1) is 10.2 Å². The van der Waals surface area contributed by atoms with E-state index in [1.54, 1.807) is 11.9 Å². The summed E-state index contributed by atoms with van der Waals surface area (Å²) in [5, 5.41) is 12.8. The molecule has 0 saturated carbocycles. The third-order valence-electron chi connectivity index (χ3n) is 3.90. The lowest BCUT2D eigenvalue weighted by atomic mass is 10.2. The smallest absolute Gasteiger partial charge is 0.205 e. The van der Waals surface area contributed by atoms with Crippen LogP contribution < -0.4 is 4.74 Å². The molecule has 7 nitrogen and oxygen atoms in total. The minimum Gasteiger partial charge on any atom is -0.497 e. The highest BCUT2D eigenvalue weighted by Gasteiger charge is 2.12. The number of aryl methyl sites for hydroxylation is 1. The molecule has 3 aromatic heterocycles. The fraction of sp³-hybridized carbons (Fsp3) is 0.176. The van der Waals surface area contributed by atoms with Crippen molar-refractivity contribution in [2.75, 3.05) is 7.11 Å². The van der Waals surface area contributed by atoms with Crippen LogP contribution in [-0.2, 0) is 6.54 Å². The molecule has 0 fully saturated rings. The summed E-state index contributed by atoms with van der Waals surface area (Å²) in [6.07, 6.45) is 1.99. The maximum atomic E-state index is 5.24. The van der Waals surface area contributed by atoms with Crippen LogP contribution in [0.5, 0.6) is 5.75 Å². The molecule has 0 radical (unpaired) electrons. The van der Waals surface area contributed by atoms with Crippen LogP contribution in [0.4, 0.5) is 0 Å². The number of fused-ring (bicyclic) bond motifs is 1. The van der Waals surface area contributed by atoms with Gasteiger partial charge in [0.2, 0.25) is 5.82 Å². The molecule has 0 atom stereocenters. The Labute approximate surface area is 138 Å². The molecular weight excluding hydrogens is 304 g/mol. The number of aromatic nitrogens is 6. The second-order valence-corrected chi connectivity index (χ2v) is 5.45. The van der Waals surface area contributed by atoms with Crippen molar-refractivity contribution in [3.05, 3.63) is 60.0 Å². The summed E-state index contributed by atoms with van der Waals surface area (Å²) < 4.78 is 7.28. The first kappa shape index (κ1) is 14.4. The predicted molar refractivity (Wildman–Crippen MR) is 88.8 cm³/mol. The van der Waals surface area contributed by atoms with Crippen molar-refractivity contribution in [3.8, 4) is 17.1 Å². The topological polar surface area (TPSA) is 70.1 Å². The zero-order valence-corrected chi connectivity index (χ0v) is 13.4. The van der Waals surface area contributed by atoms with Crippen LogP contribution >= 0.6 is 0 Å². The third-order valence-corrected chi connectivity index (χ3v) is 3.90. The molecule has 0 amide bonds. The minimum atomic E-state index is 0.508. The molecule has 0 aliphatic rings. The average Bonchev–Trinajstić information content (AvgIpc) is 3.20. The third kappa shape index (κ3) is 2.50. The van der Waals surface area contributed by atoms with Crippen LogP contribution in [0, 0.1) is 6.92 Å². The molecular formula is C17H16N6O. The van der Waals surface area contributed by atoms with Gasteiger partial charge in [-0.05, 0) is 36.4 Å². The first-order valence-corrected chi connectivity index (χ1v) is 7.59. The van der Waals surface area contributed by atoms with Crippen molar-refractivity contribution >= 4 is 5.65 Å². The Kier molecular flexibility index (Phi) is 3.45. The lowest BCUT2D eigenvalue weighted by Gasteiger charge is -2.02. The van der Waals surface area contributed by atoms with Gasteiger partial charge in [0.15, 0.2) is 0 Å². The van der Waals surface area contributed by atoms with Gasteiger partial charge in [0.05, 0.1) is 18.5 Å². The molecule has 0 unspecified atom stereocenters. The lowest BCUT2D eigenvalue weighted by molar-refractivity contribution is 0.415. The predicted octanol–water partition coefficient (Wildman–Crippen LogP) is 2.35. The number of methoxy groups -OCH3 is 1. The van der Waals surface area contributed by atoms with E-state index in [0.29, 0.717) is 12.4 Å². The summed E-state index contributed by atoms with van der Waals surface area (Å²) in [7, 11) is 1.64. The largest absolute Gasteiger partial charge is 0.497 e. The Balaban J connectivity index is 1.66. The molecule has 120 valence electrons. The van der Waals surface area contributed by atoms with Crippen LogP contribution in [0.2, 0.25) is 0 Å². The highest BCUT2D eigenvalue weighted by Crippen LogP contribution is 2.20. The fourth-order valence-electron chi connectivity index (χ4n) is 2.68. The maximum Gasteiger partial charge on any atom is 0.205 e. The molecule has 0 aliphatic carbocycles. The molecule has 0 N–H and O–H groups in total. The molecule has 1 aromatic carbocycles. The Hall–Kier alpha value is -3.22. The van der Waals surface area contributed by atoms with E-state index in [2.05, 4.69) is 20.4 Å². The number of pyridine rings is 1. The van der Waals surface area contributed by atoms with Gasteiger partial charge in [-0.2, -0.15) is 4.80 Å². The number of rotatable bonds is 4. The standard InChI is InChI=1S/C17H16N6O/c1-12-15(22-9-4-3-8-16(22)18-12)11-23-20-17(19-21-23)13-6-5-7-14(10-13)24-2/h3-10H,11H2,1-2H3. The van der Waals surface area contributed by atoms with E-state index < -0.39 is 0 Å². The van der Waals surface area contributed by atoms with Crippen LogP contribution in [0.25, 0.3) is 17.0 Å². The summed E-state index contributed by atoms with van der Waals surface area (Å²) in [5.74, 6) is 1.34. The van der Waals surface area contributed by atoms with Gasteiger partial charge in [-0.3, -0.25) is 0 Å². The first-order valence-electron chi connectivity index (χ1n) is 7.59. The SMILES string of the molecule is COc1cccc(-c2nnn(Cc3c(C)nc4ccccn34)n2)c1. The van der Waals surface area contributed by atoms with Crippen molar-refractivity contribution in [2.45, 2.75) is 13.5 Å². The van der Waals surface area contributed by atoms with Crippen molar-refractivity contribution in [3.63, 3.8) is 0 Å². The Bertz CT molecular complexity index is 1000. The quantitative estimate of drug-likeness (QED) is 0.577. The zero-order chi connectivity index (χ0) is 16.5. The van der Waals surface area contributed by atoms with Gasteiger partial charge >= 0.3 is 0 Å². The molecule has 3 heterocycles. The van der Waals surface area contributed by atoms with E-state index in [4.69, 9.17) is 4.74 Å². The van der Waals surface area contributed by atoms with Gasteiger partial charge in [0.1, 0.15) is 17.9 Å². The van der Waals surface area contributed by atoms with Gasteiger partial charge in [-0.1, -0.05) is 18.2 Å². The number of nitrogens with zero attached hydrogens (tertiary/aromatic N) is 6. The summed E-state index contributed by atoms with van der Waals surface area (Å²) >= 11 is 0. The van der Waals surface area contributed by atoms with Gasteiger partial charge in [-0.25, -0.2) is 4.98 Å². The number of hydrogen-bond acceptors (Lipinski definition) is 5. The van der Waals surface area contributed by atoms with Crippen molar-refractivity contribution in [1.29, 1.82) is 0 Å². The zero-order valence-electron chi connectivity index (χ0n) is 13.4. The van der Waals surface area contributed by atoms with Gasteiger partial charge < -0.3 is 9.14 Å². The lowest BCUT2D eigenvalue weighted by Crippen LogP contribution is -2.07.